The van der Waals surface area contributed by atoms with Crippen molar-refractivity contribution < 1.29 is 32.1 Å². The third kappa shape index (κ3) is 7.74. The van der Waals surface area contributed by atoms with Gasteiger partial charge in [0.15, 0.2) is 0 Å². The molecule has 0 spiro atoms. The van der Waals surface area contributed by atoms with Gasteiger partial charge in [-0.3, -0.25) is 15.0 Å². The van der Waals surface area contributed by atoms with Crippen molar-refractivity contribution in [3.05, 3.63) is 89.0 Å². The van der Waals surface area contributed by atoms with Gasteiger partial charge in [-0.25, -0.2) is 4.79 Å². The van der Waals surface area contributed by atoms with E-state index in [1.807, 2.05) is 0 Å². The summed E-state index contributed by atoms with van der Waals surface area (Å²) < 4.78 is 28.1. The van der Waals surface area contributed by atoms with Crippen LogP contribution in [0.25, 0.3) is 11.1 Å². The van der Waals surface area contributed by atoms with Crippen LogP contribution in [-0.2, 0) is 14.3 Å². The van der Waals surface area contributed by atoms with Crippen LogP contribution in [0.15, 0.2) is 66.7 Å². The lowest BCUT2D eigenvalue weighted by Crippen LogP contribution is -2.36. The maximum atomic E-state index is 13.2. The SMILES string of the molecule is CC(C)(CO)CNC(=O)c1ccc(-c2ccccc2C(=O)Nc2ccc(C(=N)N)cc2)c(C(=O)OS(C)(=O)=O)c1. The maximum Gasteiger partial charge on any atom is 0.354 e. The number of anilines is 1. The molecule has 0 saturated carbocycles. The van der Waals surface area contributed by atoms with Gasteiger partial charge < -0.3 is 25.7 Å². The van der Waals surface area contributed by atoms with Crippen molar-refractivity contribution in [2.75, 3.05) is 24.7 Å². The molecule has 3 aromatic carbocycles. The van der Waals surface area contributed by atoms with Crippen LogP contribution >= 0.6 is 0 Å². The summed E-state index contributed by atoms with van der Waals surface area (Å²) >= 11 is 0. The van der Waals surface area contributed by atoms with Gasteiger partial charge in [0, 0.05) is 40.9 Å². The van der Waals surface area contributed by atoms with E-state index in [0.717, 1.165) is 6.26 Å². The summed E-state index contributed by atoms with van der Waals surface area (Å²) in [7, 11) is -4.19. The molecule has 0 fully saturated rings. The van der Waals surface area contributed by atoms with Crippen LogP contribution in [0.1, 0.15) is 50.5 Å². The number of amidine groups is 1. The second-order valence-electron chi connectivity index (χ2n) is 9.83. The first-order valence-corrected chi connectivity index (χ1v) is 13.8. The Labute approximate surface area is 232 Å². The first kappa shape index (κ1) is 30.0. The molecule has 0 saturated heterocycles. The molecule has 0 aliphatic carbocycles. The van der Waals surface area contributed by atoms with Gasteiger partial charge in [-0.1, -0.05) is 38.1 Å². The van der Waals surface area contributed by atoms with Gasteiger partial charge in [-0.15, -0.1) is 0 Å². The predicted molar refractivity (Wildman–Crippen MR) is 151 cm³/mol. The van der Waals surface area contributed by atoms with Crippen molar-refractivity contribution in [2.24, 2.45) is 11.1 Å². The molecule has 11 nitrogen and oxygen atoms in total. The van der Waals surface area contributed by atoms with E-state index in [4.69, 9.17) is 11.1 Å². The van der Waals surface area contributed by atoms with E-state index in [2.05, 4.69) is 14.8 Å². The van der Waals surface area contributed by atoms with Crippen molar-refractivity contribution in [2.45, 2.75) is 13.8 Å². The molecule has 0 heterocycles. The number of rotatable bonds is 10. The van der Waals surface area contributed by atoms with E-state index in [1.165, 1.54) is 24.3 Å². The molecule has 0 aliphatic rings. The first-order valence-electron chi connectivity index (χ1n) is 12.0. The molecule has 0 atom stereocenters. The second-order valence-corrected chi connectivity index (χ2v) is 11.4. The highest BCUT2D eigenvalue weighted by molar-refractivity contribution is 7.86. The number of amides is 2. The molecule has 2 amide bonds. The van der Waals surface area contributed by atoms with Gasteiger partial charge in [0.1, 0.15) is 5.84 Å². The number of nitrogen functional groups attached to an aromatic ring is 1. The molecular formula is C28H30N4O7S. The van der Waals surface area contributed by atoms with Gasteiger partial charge in [0.05, 0.1) is 11.8 Å². The summed E-state index contributed by atoms with van der Waals surface area (Å²) in [4.78, 5) is 39.0. The van der Waals surface area contributed by atoms with E-state index in [0.29, 0.717) is 11.3 Å². The summed E-state index contributed by atoms with van der Waals surface area (Å²) in [5.41, 5.74) is 6.21. The molecule has 210 valence electrons. The van der Waals surface area contributed by atoms with Crippen molar-refractivity contribution in [3.8, 4) is 11.1 Å². The molecule has 0 unspecified atom stereocenters. The minimum Gasteiger partial charge on any atom is -0.396 e. The van der Waals surface area contributed by atoms with Crippen LogP contribution in [0.2, 0.25) is 0 Å². The van der Waals surface area contributed by atoms with E-state index in [1.54, 1.807) is 56.3 Å². The van der Waals surface area contributed by atoms with Crippen molar-refractivity contribution >= 4 is 39.4 Å². The Bertz CT molecular complexity index is 1570. The van der Waals surface area contributed by atoms with Crippen molar-refractivity contribution in [1.82, 2.24) is 5.32 Å². The van der Waals surface area contributed by atoms with Crippen LogP contribution in [0.5, 0.6) is 0 Å². The van der Waals surface area contributed by atoms with Gasteiger partial charge in [-0.2, -0.15) is 8.42 Å². The van der Waals surface area contributed by atoms with E-state index in [-0.39, 0.29) is 46.8 Å². The van der Waals surface area contributed by atoms with Crippen LogP contribution in [0.3, 0.4) is 0 Å². The van der Waals surface area contributed by atoms with Crippen LogP contribution in [0, 0.1) is 10.8 Å². The van der Waals surface area contributed by atoms with Gasteiger partial charge in [0.2, 0.25) is 0 Å². The van der Waals surface area contributed by atoms with Gasteiger partial charge in [0.25, 0.3) is 11.8 Å². The first-order chi connectivity index (χ1) is 18.7. The molecule has 0 radical (unpaired) electrons. The third-order valence-corrected chi connectivity index (χ3v) is 6.25. The number of carbonyl (C=O) groups excluding carboxylic acids is 3. The Balaban J connectivity index is 2.03. The Morgan fingerprint density at radius 3 is 2.12 bits per heavy atom. The average molecular weight is 567 g/mol. The number of benzene rings is 3. The van der Waals surface area contributed by atoms with E-state index >= 15 is 0 Å². The van der Waals surface area contributed by atoms with Crippen LogP contribution < -0.4 is 16.4 Å². The number of aliphatic hydroxyl groups excluding tert-OH is 1. The highest BCUT2D eigenvalue weighted by atomic mass is 32.2. The lowest BCUT2D eigenvalue weighted by atomic mass is 9.92. The summed E-state index contributed by atoms with van der Waals surface area (Å²) in [5.74, 6) is -2.42. The fourth-order valence-electron chi connectivity index (χ4n) is 3.60. The van der Waals surface area contributed by atoms with Crippen molar-refractivity contribution in [3.63, 3.8) is 0 Å². The fraction of sp³-hybridized carbons (Fsp3) is 0.214. The fourth-order valence-corrected chi connectivity index (χ4v) is 3.96. The quantitative estimate of drug-likeness (QED) is 0.141. The highest BCUT2D eigenvalue weighted by Crippen LogP contribution is 2.30. The number of carbonyl (C=O) groups is 3. The van der Waals surface area contributed by atoms with Crippen LogP contribution in [0.4, 0.5) is 5.69 Å². The number of nitrogens with one attached hydrogen (secondary N) is 3. The Kier molecular flexibility index (Phi) is 9.07. The second kappa shape index (κ2) is 12.1. The molecule has 3 rings (SSSR count). The Morgan fingerprint density at radius 2 is 1.52 bits per heavy atom. The number of hydrogen-bond acceptors (Lipinski definition) is 8. The van der Waals surface area contributed by atoms with Crippen LogP contribution in [-0.4, -0.2) is 56.6 Å². The maximum absolute atomic E-state index is 13.2. The number of hydrogen-bond donors (Lipinski definition) is 5. The monoisotopic (exact) mass is 566 g/mol. The zero-order valence-corrected chi connectivity index (χ0v) is 23.0. The topological polar surface area (TPSA) is 189 Å². The smallest absolute Gasteiger partial charge is 0.354 e. The molecule has 6 N–H and O–H groups in total. The number of aliphatic hydroxyl groups is 1. The average Bonchev–Trinajstić information content (AvgIpc) is 2.90. The Morgan fingerprint density at radius 1 is 0.925 bits per heavy atom. The molecular weight excluding hydrogens is 536 g/mol. The molecule has 12 heteroatoms. The predicted octanol–water partition coefficient (Wildman–Crippen LogP) is 2.75. The molecule has 3 aromatic rings. The summed E-state index contributed by atoms with van der Waals surface area (Å²) in [6.45, 7) is 3.48. The summed E-state index contributed by atoms with van der Waals surface area (Å²) in [5, 5.41) is 22.4. The number of nitrogens with two attached hydrogens (primary N) is 1. The van der Waals surface area contributed by atoms with Gasteiger partial charge >= 0.3 is 16.1 Å². The highest BCUT2D eigenvalue weighted by Gasteiger charge is 2.24. The summed E-state index contributed by atoms with van der Waals surface area (Å²) in [6, 6.07) is 16.7. The standard InChI is InChI=1S/C28H30N4O7S/c1-28(2,16-33)15-31-25(34)18-10-13-21(23(14-18)27(36)39-40(3,37)38)20-6-4-5-7-22(20)26(35)32-19-11-8-17(9-12-19)24(29)30/h4-14,33H,15-16H2,1-3H3,(H3,29,30)(H,31,34)(H,32,35). The third-order valence-electron chi connectivity index (χ3n) is 5.80. The molecule has 0 aromatic heterocycles. The molecule has 40 heavy (non-hydrogen) atoms. The zero-order chi connectivity index (χ0) is 29.7. The summed E-state index contributed by atoms with van der Waals surface area (Å²) in [6.07, 6.45) is 0.719. The van der Waals surface area contributed by atoms with Gasteiger partial charge in [-0.05, 0) is 53.6 Å². The Hall–Kier alpha value is -4.55. The largest absolute Gasteiger partial charge is 0.396 e. The van der Waals surface area contributed by atoms with E-state index in [9.17, 15) is 27.9 Å². The molecule has 0 aliphatic heterocycles. The van der Waals surface area contributed by atoms with Crippen molar-refractivity contribution in [1.29, 1.82) is 5.41 Å². The minimum atomic E-state index is -4.19. The van der Waals surface area contributed by atoms with E-state index < -0.39 is 33.3 Å². The normalized spacial score (nSPS) is 11.4. The minimum absolute atomic E-state index is 0.0467. The zero-order valence-electron chi connectivity index (χ0n) is 22.1. The molecule has 0 bridgehead atoms. The lowest BCUT2D eigenvalue weighted by molar-refractivity contribution is 0.0748. The lowest BCUT2D eigenvalue weighted by Gasteiger charge is -2.22.